The van der Waals surface area contributed by atoms with Crippen molar-refractivity contribution in [2.75, 3.05) is 12.5 Å². The molecule has 0 fully saturated rings. The molecular formula is C9H8ClNO3S. The van der Waals surface area contributed by atoms with Crippen LogP contribution in [0.2, 0.25) is 0 Å². The van der Waals surface area contributed by atoms with Gasteiger partial charge in [-0.25, -0.2) is 0 Å². The van der Waals surface area contributed by atoms with Gasteiger partial charge in [0.1, 0.15) is 11.5 Å². The fourth-order valence-electron chi connectivity index (χ4n) is 1.32. The van der Waals surface area contributed by atoms with Crippen LogP contribution in [0.25, 0.3) is 0 Å². The van der Waals surface area contributed by atoms with E-state index in [0.717, 1.165) is 0 Å². The molecule has 0 saturated heterocycles. The molecule has 0 aliphatic carbocycles. The zero-order chi connectivity index (χ0) is 10.9. The Morgan fingerprint density at radius 3 is 2.80 bits per heavy atom. The molecule has 1 aliphatic heterocycles. The molecule has 0 amide bonds. The first kappa shape index (κ1) is 10.4. The van der Waals surface area contributed by atoms with Gasteiger partial charge in [0.25, 0.3) is 10.0 Å². The molecule has 6 heteroatoms. The molecule has 0 radical (unpaired) electrons. The van der Waals surface area contributed by atoms with E-state index in [-0.39, 0.29) is 17.4 Å². The van der Waals surface area contributed by atoms with Crippen molar-refractivity contribution >= 4 is 27.5 Å². The van der Waals surface area contributed by atoms with Gasteiger partial charge in [-0.15, -0.1) is 16.0 Å². The van der Waals surface area contributed by atoms with Crippen molar-refractivity contribution in [1.29, 1.82) is 0 Å². The van der Waals surface area contributed by atoms with Crippen LogP contribution >= 0.6 is 11.6 Å². The van der Waals surface area contributed by atoms with Gasteiger partial charge >= 0.3 is 0 Å². The largest absolute Gasteiger partial charge is 0.475 e. The van der Waals surface area contributed by atoms with E-state index in [2.05, 4.69) is 4.40 Å². The van der Waals surface area contributed by atoms with Crippen molar-refractivity contribution in [3.63, 3.8) is 0 Å². The maximum atomic E-state index is 11.5. The minimum Gasteiger partial charge on any atom is -0.475 e. The Morgan fingerprint density at radius 1 is 1.33 bits per heavy atom. The number of ether oxygens (including phenoxy) is 1. The van der Waals surface area contributed by atoms with Gasteiger partial charge in [0.05, 0.1) is 11.4 Å². The van der Waals surface area contributed by atoms with Crippen molar-refractivity contribution in [3.05, 3.63) is 29.8 Å². The molecule has 1 aromatic rings. The number of alkyl halides is 1. The molecular weight excluding hydrogens is 238 g/mol. The van der Waals surface area contributed by atoms with Crippen LogP contribution in [0.5, 0.6) is 0 Å². The number of halogens is 1. The van der Waals surface area contributed by atoms with E-state index in [4.69, 9.17) is 16.3 Å². The predicted molar refractivity (Wildman–Crippen MR) is 56.8 cm³/mol. The van der Waals surface area contributed by atoms with Crippen molar-refractivity contribution in [1.82, 2.24) is 0 Å². The monoisotopic (exact) mass is 245 g/mol. The Kier molecular flexibility index (Phi) is 2.67. The number of hydrogen-bond acceptors (Lipinski definition) is 3. The fourth-order valence-corrected chi connectivity index (χ4v) is 2.54. The molecule has 0 bridgehead atoms. The number of sulfonamides is 1. The Balaban J connectivity index is 2.44. The summed E-state index contributed by atoms with van der Waals surface area (Å²) in [5, 5.41) is 0. The highest BCUT2D eigenvalue weighted by atomic mass is 35.5. The fraction of sp³-hybridized carbons (Fsp3) is 0.222. The summed E-state index contributed by atoms with van der Waals surface area (Å²) in [5.41, 5.74) is 0.502. The van der Waals surface area contributed by atoms with Gasteiger partial charge in [-0.05, 0) is 12.1 Å². The molecule has 0 saturated carbocycles. The summed E-state index contributed by atoms with van der Waals surface area (Å²) in [7, 11) is -3.57. The molecule has 1 aromatic carbocycles. The summed E-state index contributed by atoms with van der Waals surface area (Å²) in [4.78, 5) is 0.189. The van der Waals surface area contributed by atoms with E-state index in [1.165, 1.54) is 6.07 Å². The maximum absolute atomic E-state index is 11.5. The molecule has 0 unspecified atom stereocenters. The first-order valence-electron chi connectivity index (χ1n) is 4.28. The van der Waals surface area contributed by atoms with Crippen LogP contribution in [0.15, 0.2) is 33.6 Å². The molecule has 1 aliphatic rings. The molecule has 1 heterocycles. The van der Waals surface area contributed by atoms with Crippen LogP contribution in [-0.2, 0) is 14.8 Å². The van der Waals surface area contributed by atoms with Gasteiger partial charge in [-0.1, -0.05) is 12.1 Å². The summed E-state index contributed by atoms with van der Waals surface area (Å²) < 4.78 is 31.7. The number of fused-ring (bicyclic) bond motifs is 1. The SMILES string of the molecule is O=S1(=O)N=C(OCCCl)c2ccccc21. The summed E-state index contributed by atoms with van der Waals surface area (Å²) in [6, 6.07) is 6.55. The highest BCUT2D eigenvalue weighted by molar-refractivity contribution is 7.90. The second-order valence-electron chi connectivity index (χ2n) is 2.91. The van der Waals surface area contributed by atoms with Gasteiger partial charge in [-0.2, -0.15) is 8.42 Å². The van der Waals surface area contributed by atoms with E-state index in [1.807, 2.05) is 0 Å². The van der Waals surface area contributed by atoms with Crippen LogP contribution in [0, 0.1) is 0 Å². The minimum absolute atomic E-state index is 0.131. The van der Waals surface area contributed by atoms with Gasteiger partial charge < -0.3 is 4.74 Å². The number of nitrogens with zero attached hydrogens (tertiary/aromatic N) is 1. The Labute approximate surface area is 92.6 Å². The molecule has 0 atom stereocenters. The third kappa shape index (κ3) is 1.85. The highest BCUT2D eigenvalue weighted by Gasteiger charge is 2.29. The van der Waals surface area contributed by atoms with E-state index < -0.39 is 10.0 Å². The standard InChI is InChI=1S/C9H8ClNO3S/c10-5-6-14-9-7-3-1-2-4-8(7)15(12,13)11-9/h1-4H,5-6H2. The normalized spacial score (nSPS) is 17.0. The average molecular weight is 246 g/mol. The van der Waals surface area contributed by atoms with Crippen molar-refractivity contribution < 1.29 is 13.2 Å². The van der Waals surface area contributed by atoms with Gasteiger partial charge in [0.2, 0.25) is 5.90 Å². The second kappa shape index (κ2) is 3.83. The van der Waals surface area contributed by atoms with Crippen LogP contribution in [0.4, 0.5) is 0 Å². The van der Waals surface area contributed by atoms with E-state index in [9.17, 15) is 8.42 Å². The zero-order valence-electron chi connectivity index (χ0n) is 7.68. The Morgan fingerprint density at radius 2 is 2.07 bits per heavy atom. The van der Waals surface area contributed by atoms with E-state index in [1.54, 1.807) is 18.2 Å². The third-order valence-corrected chi connectivity index (χ3v) is 3.39. The lowest BCUT2D eigenvalue weighted by Crippen LogP contribution is -2.06. The minimum atomic E-state index is -3.57. The summed E-state index contributed by atoms with van der Waals surface area (Å²) in [5.74, 6) is 0.424. The third-order valence-electron chi connectivity index (χ3n) is 1.91. The van der Waals surface area contributed by atoms with Crippen LogP contribution in [-0.4, -0.2) is 26.8 Å². The van der Waals surface area contributed by atoms with Crippen LogP contribution < -0.4 is 0 Å². The molecule has 15 heavy (non-hydrogen) atoms. The van der Waals surface area contributed by atoms with E-state index in [0.29, 0.717) is 11.4 Å². The van der Waals surface area contributed by atoms with Crippen molar-refractivity contribution in [2.45, 2.75) is 4.90 Å². The number of hydrogen-bond donors (Lipinski definition) is 0. The zero-order valence-corrected chi connectivity index (χ0v) is 9.25. The molecule has 80 valence electrons. The molecule has 2 rings (SSSR count). The van der Waals surface area contributed by atoms with Gasteiger partial charge in [0.15, 0.2) is 0 Å². The Bertz CT molecular complexity index is 510. The van der Waals surface area contributed by atoms with Crippen LogP contribution in [0.3, 0.4) is 0 Å². The first-order chi connectivity index (χ1) is 7.15. The first-order valence-corrected chi connectivity index (χ1v) is 6.26. The quantitative estimate of drug-likeness (QED) is 0.740. The van der Waals surface area contributed by atoms with Gasteiger partial charge in [0, 0.05) is 0 Å². The van der Waals surface area contributed by atoms with Gasteiger partial charge in [-0.3, -0.25) is 0 Å². The molecule has 0 N–H and O–H groups in total. The van der Waals surface area contributed by atoms with Crippen LogP contribution in [0.1, 0.15) is 5.56 Å². The topological polar surface area (TPSA) is 55.7 Å². The second-order valence-corrected chi connectivity index (χ2v) is 4.86. The summed E-state index contributed by atoms with van der Waals surface area (Å²) >= 11 is 5.45. The lowest BCUT2D eigenvalue weighted by Gasteiger charge is -2.02. The molecule has 0 aromatic heterocycles. The maximum Gasteiger partial charge on any atom is 0.286 e. The summed E-state index contributed by atoms with van der Waals surface area (Å²) in [6.07, 6.45) is 0. The number of benzene rings is 1. The predicted octanol–water partition coefficient (Wildman–Crippen LogP) is 1.39. The highest BCUT2D eigenvalue weighted by Crippen LogP contribution is 2.26. The average Bonchev–Trinajstić information content (AvgIpc) is 2.49. The van der Waals surface area contributed by atoms with Crippen molar-refractivity contribution in [3.8, 4) is 0 Å². The smallest absolute Gasteiger partial charge is 0.286 e. The number of rotatable bonds is 2. The van der Waals surface area contributed by atoms with E-state index >= 15 is 0 Å². The summed E-state index contributed by atoms with van der Waals surface area (Å²) in [6.45, 7) is 0.240. The lowest BCUT2D eigenvalue weighted by molar-refractivity contribution is 0.332. The molecule has 0 spiro atoms. The molecule has 4 nitrogen and oxygen atoms in total. The van der Waals surface area contributed by atoms with Crippen molar-refractivity contribution in [2.24, 2.45) is 4.40 Å². The Hall–Kier alpha value is -1.07. The lowest BCUT2D eigenvalue weighted by atomic mass is 10.2.